The van der Waals surface area contributed by atoms with E-state index in [4.69, 9.17) is 24.2 Å². The summed E-state index contributed by atoms with van der Waals surface area (Å²) in [4.78, 5) is 0. The summed E-state index contributed by atoms with van der Waals surface area (Å²) >= 11 is 10.2. The van der Waals surface area contributed by atoms with Gasteiger partial charge in [0.1, 0.15) is 0 Å². The van der Waals surface area contributed by atoms with Crippen LogP contribution >= 0.6 is 24.2 Å². The standard InChI is InChI=1S/C6H12ClS/c7-5-3-1-2-4-6-8/h1-6H2. The van der Waals surface area contributed by atoms with Crippen molar-refractivity contribution in [2.75, 3.05) is 11.6 Å². The summed E-state index contributed by atoms with van der Waals surface area (Å²) in [5, 5.41) is 0. The van der Waals surface area contributed by atoms with Gasteiger partial charge in [0, 0.05) is 11.6 Å². The molecule has 0 atom stereocenters. The van der Waals surface area contributed by atoms with Gasteiger partial charge < -0.3 is 0 Å². The first-order chi connectivity index (χ1) is 3.91. The van der Waals surface area contributed by atoms with Gasteiger partial charge in [-0.05, 0) is 12.8 Å². The average molecular weight is 152 g/mol. The topological polar surface area (TPSA) is 0 Å². The largest absolute Gasteiger partial charge is 0.127 e. The van der Waals surface area contributed by atoms with Crippen LogP contribution < -0.4 is 0 Å². The number of hydrogen-bond donors (Lipinski definition) is 0. The maximum Gasteiger partial charge on any atom is 0.0223 e. The van der Waals surface area contributed by atoms with Gasteiger partial charge in [0.05, 0.1) is 0 Å². The van der Waals surface area contributed by atoms with E-state index in [-0.39, 0.29) is 0 Å². The van der Waals surface area contributed by atoms with Crippen molar-refractivity contribution in [2.45, 2.75) is 25.7 Å². The molecule has 0 saturated heterocycles. The summed E-state index contributed by atoms with van der Waals surface area (Å²) in [6.45, 7) is 0. The van der Waals surface area contributed by atoms with Crippen molar-refractivity contribution < 1.29 is 0 Å². The smallest absolute Gasteiger partial charge is 0.0223 e. The first-order valence-corrected chi connectivity index (χ1v) is 4.17. The minimum absolute atomic E-state index is 0.803. The highest BCUT2D eigenvalue weighted by Crippen LogP contribution is 2.00. The Hall–Kier alpha value is 0.640. The van der Waals surface area contributed by atoms with Crippen LogP contribution in [0.1, 0.15) is 25.7 Å². The van der Waals surface area contributed by atoms with E-state index in [9.17, 15) is 0 Å². The van der Waals surface area contributed by atoms with Gasteiger partial charge in [-0.1, -0.05) is 25.5 Å². The maximum absolute atomic E-state index is 5.45. The quantitative estimate of drug-likeness (QED) is 0.419. The van der Waals surface area contributed by atoms with Gasteiger partial charge in [0.2, 0.25) is 0 Å². The van der Waals surface area contributed by atoms with E-state index in [1.54, 1.807) is 0 Å². The van der Waals surface area contributed by atoms with Gasteiger partial charge in [0.15, 0.2) is 0 Å². The molecule has 0 aromatic rings. The second-order valence-corrected chi connectivity index (χ2v) is 2.59. The SMILES string of the molecule is [S]CCCCCCCl. The fourth-order valence-electron chi connectivity index (χ4n) is 0.550. The van der Waals surface area contributed by atoms with Gasteiger partial charge in [-0.3, -0.25) is 0 Å². The Morgan fingerprint density at radius 3 is 2.12 bits per heavy atom. The highest BCUT2D eigenvalue weighted by molar-refractivity contribution is 7.80. The molecule has 0 amide bonds. The lowest BCUT2D eigenvalue weighted by Crippen LogP contribution is -1.78. The molecule has 0 aliphatic rings. The zero-order valence-corrected chi connectivity index (χ0v) is 6.60. The van der Waals surface area contributed by atoms with Crippen molar-refractivity contribution in [1.82, 2.24) is 0 Å². The molecule has 0 spiro atoms. The van der Waals surface area contributed by atoms with E-state index in [0.717, 1.165) is 18.1 Å². The molecule has 0 saturated carbocycles. The molecular weight excluding hydrogens is 140 g/mol. The second-order valence-electron chi connectivity index (χ2n) is 1.81. The van der Waals surface area contributed by atoms with E-state index in [1.165, 1.54) is 19.3 Å². The Kier molecular flexibility index (Phi) is 8.25. The normalized spacial score (nSPS) is 9.75. The lowest BCUT2D eigenvalue weighted by atomic mass is 10.2. The lowest BCUT2D eigenvalue weighted by Gasteiger charge is -1.92. The molecule has 0 aliphatic heterocycles. The number of alkyl halides is 1. The molecule has 0 N–H and O–H groups in total. The third-order valence-electron chi connectivity index (χ3n) is 1.03. The molecular formula is C6H12ClS. The molecule has 0 aromatic heterocycles. The van der Waals surface area contributed by atoms with Crippen LogP contribution in [0.25, 0.3) is 0 Å². The molecule has 0 unspecified atom stereocenters. The van der Waals surface area contributed by atoms with Crippen LogP contribution in [0, 0.1) is 0 Å². The van der Waals surface area contributed by atoms with E-state index in [0.29, 0.717) is 0 Å². The molecule has 1 radical (unpaired) electrons. The minimum Gasteiger partial charge on any atom is -0.127 e. The van der Waals surface area contributed by atoms with Gasteiger partial charge in [-0.25, -0.2) is 0 Å². The predicted octanol–water partition coefficient (Wildman–Crippen LogP) is 2.98. The van der Waals surface area contributed by atoms with E-state index in [1.807, 2.05) is 0 Å². The van der Waals surface area contributed by atoms with E-state index in [2.05, 4.69) is 0 Å². The zero-order chi connectivity index (χ0) is 6.24. The van der Waals surface area contributed by atoms with Crippen LogP contribution in [0.2, 0.25) is 0 Å². The first-order valence-electron chi connectivity index (χ1n) is 3.06. The molecule has 49 valence electrons. The van der Waals surface area contributed by atoms with Gasteiger partial charge in [0.25, 0.3) is 0 Å². The van der Waals surface area contributed by atoms with E-state index < -0.39 is 0 Å². The summed E-state index contributed by atoms with van der Waals surface area (Å²) in [6.07, 6.45) is 4.85. The summed E-state index contributed by atoms with van der Waals surface area (Å²) in [6, 6.07) is 0. The molecule has 0 nitrogen and oxygen atoms in total. The molecule has 0 rings (SSSR count). The Morgan fingerprint density at radius 2 is 1.62 bits per heavy atom. The fraction of sp³-hybridized carbons (Fsp3) is 1.00. The summed E-state index contributed by atoms with van der Waals surface area (Å²) in [7, 11) is 0. The van der Waals surface area contributed by atoms with Crippen molar-refractivity contribution in [2.24, 2.45) is 0 Å². The van der Waals surface area contributed by atoms with Crippen LogP contribution in [0.3, 0.4) is 0 Å². The highest BCUT2D eigenvalue weighted by atomic mass is 35.5. The second kappa shape index (κ2) is 7.64. The Labute approximate surface area is 62.0 Å². The number of unbranched alkanes of at least 4 members (excludes halogenated alkanes) is 3. The van der Waals surface area contributed by atoms with Gasteiger partial charge in [-0.2, -0.15) is 0 Å². The van der Waals surface area contributed by atoms with E-state index >= 15 is 0 Å². The Morgan fingerprint density at radius 1 is 1.00 bits per heavy atom. The third-order valence-corrected chi connectivity index (χ3v) is 1.58. The van der Waals surface area contributed by atoms with Crippen molar-refractivity contribution in [3.05, 3.63) is 0 Å². The zero-order valence-electron chi connectivity index (χ0n) is 5.03. The van der Waals surface area contributed by atoms with Crippen LogP contribution in [0.15, 0.2) is 0 Å². The predicted molar refractivity (Wildman–Crippen MR) is 41.6 cm³/mol. The Bertz CT molecular complexity index is 33.5. The number of hydrogen-bond acceptors (Lipinski definition) is 0. The highest BCUT2D eigenvalue weighted by Gasteiger charge is 1.84. The van der Waals surface area contributed by atoms with Crippen molar-refractivity contribution in [3.8, 4) is 0 Å². The van der Waals surface area contributed by atoms with Gasteiger partial charge in [-0.15, -0.1) is 11.6 Å². The molecule has 0 aromatic carbocycles. The van der Waals surface area contributed by atoms with Crippen LogP contribution in [-0.2, 0) is 0 Å². The van der Waals surface area contributed by atoms with Gasteiger partial charge >= 0.3 is 0 Å². The molecule has 8 heavy (non-hydrogen) atoms. The van der Waals surface area contributed by atoms with Crippen molar-refractivity contribution >= 4 is 24.2 Å². The van der Waals surface area contributed by atoms with Crippen molar-refractivity contribution in [1.29, 1.82) is 0 Å². The first kappa shape index (κ1) is 8.64. The molecule has 0 bridgehead atoms. The number of rotatable bonds is 5. The molecule has 0 fully saturated rings. The molecule has 2 heteroatoms. The van der Waals surface area contributed by atoms with Crippen LogP contribution in [-0.4, -0.2) is 11.6 Å². The fourth-order valence-corrected chi connectivity index (χ4v) is 0.943. The summed E-state index contributed by atoms with van der Waals surface area (Å²) < 4.78 is 0. The Balaban J connectivity index is 2.53. The summed E-state index contributed by atoms with van der Waals surface area (Å²) in [5.41, 5.74) is 0. The lowest BCUT2D eigenvalue weighted by molar-refractivity contribution is 0.710. The summed E-state index contributed by atoms with van der Waals surface area (Å²) in [5.74, 6) is 1.71. The molecule has 0 aliphatic carbocycles. The van der Waals surface area contributed by atoms with Crippen LogP contribution in [0.5, 0.6) is 0 Å². The average Bonchev–Trinajstić information content (AvgIpc) is 1.81. The van der Waals surface area contributed by atoms with Crippen LogP contribution in [0.4, 0.5) is 0 Å². The minimum atomic E-state index is 0.803. The monoisotopic (exact) mass is 151 g/mol. The third kappa shape index (κ3) is 6.64. The molecule has 0 heterocycles. The maximum atomic E-state index is 5.45. The number of halogens is 1. The van der Waals surface area contributed by atoms with Crippen molar-refractivity contribution in [3.63, 3.8) is 0 Å².